The first-order chi connectivity index (χ1) is 3.46. The maximum atomic E-state index is 8.57. The van der Waals surface area contributed by atoms with Crippen molar-refractivity contribution >= 4 is 0 Å². The van der Waals surface area contributed by atoms with Gasteiger partial charge in [-0.2, -0.15) is 0 Å². The van der Waals surface area contributed by atoms with E-state index in [9.17, 15) is 0 Å². The second-order valence-electron chi connectivity index (χ2n) is 0.378. The summed E-state index contributed by atoms with van der Waals surface area (Å²) in [7, 11) is 0. The van der Waals surface area contributed by atoms with Crippen LogP contribution in [0.1, 0.15) is 0 Å². The molecule has 0 aliphatic rings. The SMILES string of the molecule is [O-][I+2]([O-])[O-].[O-][I+2]([O-])[O-].[Pd+2]. The van der Waals surface area contributed by atoms with Crippen molar-refractivity contribution in [3.05, 3.63) is 0 Å². The molecule has 0 bridgehead atoms. The van der Waals surface area contributed by atoms with Crippen LogP contribution in [0.2, 0.25) is 0 Å². The Bertz CT molecular complexity index is 26.5. The average Bonchev–Trinajstić information content (AvgIpc) is 1.25. The summed E-state index contributed by atoms with van der Waals surface area (Å²) in [6.45, 7) is 0. The van der Waals surface area contributed by atoms with Gasteiger partial charge in [-0.05, 0) is 0 Å². The average molecular weight is 456 g/mol. The topological polar surface area (TPSA) is 138 Å². The Hall–Kier alpha value is 1.88. The van der Waals surface area contributed by atoms with Crippen LogP contribution in [0.3, 0.4) is 0 Å². The monoisotopic (exact) mass is 456 g/mol. The zero-order valence-corrected chi connectivity index (χ0v) is 9.39. The molecule has 60 valence electrons. The molecule has 0 amide bonds. The predicted octanol–water partition coefficient (Wildman–Crippen LogP) is -13.1. The summed E-state index contributed by atoms with van der Waals surface area (Å²) in [5, 5.41) is 0. The molecule has 0 radical (unpaired) electrons. The van der Waals surface area contributed by atoms with Crippen LogP contribution in [-0.4, -0.2) is 0 Å². The zero-order valence-electron chi connectivity index (χ0n) is 3.52. The zero-order chi connectivity index (χ0) is 7.15. The van der Waals surface area contributed by atoms with Gasteiger partial charge in [0.25, 0.3) is 42.1 Å². The predicted molar refractivity (Wildman–Crippen MR) is 0 cm³/mol. The van der Waals surface area contributed by atoms with Crippen molar-refractivity contribution in [1.29, 1.82) is 0 Å². The first kappa shape index (κ1) is 17.1. The van der Waals surface area contributed by atoms with Crippen LogP contribution in [0.5, 0.6) is 0 Å². The summed E-state index contributed by atoms with van der Waals surface area (Å²) in [5.41, 5.74) is 0. The van der Waals surface area contributed by atoms with E-state index in [4.69, 9.17) is 20.6 Å². The third-order valence-corrected chi connectivity index (χ3v) is 0. The molecule has 0 saturated carbocycles. The van der Waals surface area contributed by atoms with E-state index >= 15 is 0 Å². The molecule has 0 aliphatic carbocycles. The van der Waals surface area contributed by atoms with Gasteiger partial charge in [0.15, 0.2) is 0 Å². The van der Waals surface area contributed by atoms with E-state index in [0.29, 0.717) is 0 Å². The van der Waals surface area contributed by atoms with Gasteiger partial charge in [-0.25, -0.2) is 0 Å². The smallest absolute Gasteiger partial charge is 0.427 e. The standard InChI is InChI=1S/2IO3.Pd/c2*2-1(3)4;/q2*-1;+2. The van der Waals surface area contributed by atoms with Crippen LogP contribution in [-0.2, 0) is 20.4 Å². The molecule has 0 spiro atoms. The van der Waals surface area contributed by atoms with Crippen molar-refractivity contribution in [2.45, 2.75) is 0 Å². The third-order valence-electron chi connectivity index (χ3n) is 0. The van der Waals surface area contributed by atoms with Crippen molar-refractivity contribution in [3.63, 3.8) is 0 Å². The fraction of sp³-hybridized carbons (Fsp3) is 0. The minimum atomic E-state index is -4.01. The Balaban J connectivity index is -0.0000000720. The fourth-order valence-corrected chi connectivity index (χ4v) is 0. The van der Waals surface area contributed by atoms with Crippen LogP contribution >= 0.6 is 0 Å². The van der Waals surface area contributed by atoms with Gasteiger partial charge in [-0.1, -0.05) is 0 Å². The van der Waals surface area contributed by atoms with E-state index in [2.05, 4.69) is 0 Å². The number of hydrogen-bond donors (Lipinski definition) is 0. The first-order valence-corrected chi connectivity index (χ1v) is 6.21. The molecule has 0 N–H and O–H groups in total. The van der Waals surface area contributed by atoms with E-state index in [1.54, 1.807) is 0 Å². The molecule has 6 nitrogen and oxygen atoms in total. The summed E-state index contributed by atoms with van der Waals surface area (Å²) in [4.78, 5) is 0. The van der Waals surface area contributed by atoms with Crippen LogP contribution in [0.15, 0.2) is 0 Å². The molecule has 0 aromatic heterocycles. The number of halogens is 2. The van der Waals surface area contributed by atoms with E-state index in [-0.39, 0.29) is 20.4 Å². The van der Waals surface area contributed by atoms with E-state index < -0.39 is 42.1 Å². The summed E-state index contributed by atoms with van der Waals surface area (Å²) < 4.78 is 51.4. The van der Waals surface area contributed by atoms with Crippen LogP contribution < -0.4 is 62.7 Å². The largest absolute Gasteiger partial charge is 2.00 e. The molecule has 0 unspecified atom stereocenters. The van der Waals surface area contributed by atoms with E-state index in [1.165, 1.54) is 0 Å². The first-order valence-electron chi connectivity index (χ1n) is 0.926. The van der Waals surface area contributed by atoms with Crippen molar-refractivity contribution in [2.24, 2.45) is 0 Å². The Kier molecular flexibility index (Phi) is 23.9. The molecule has 9 heteroatoms. The van der Waals surface area contributed by atoms with E-state index in [1.807, 2.05) is 0 Å². The van der Waals surface area contributed by atoms with Crippen molar-refractivity contribution in [2.75, 3.05) is 0 Å². The van der Waals surface area contributed by atoms with Crippen LogP contribution in [0.4, 0.5) is 0 Å². The Morgan fingerprint density at radius 3 is 0.556 bits per heavy atom. The Morgan fingerprint density at radius 1 is 0.556 bits per heavy atom. The van der Waals surface area contributed by atoms with Crippen molar-refractivity contribution in [1.82, 2.24) is 0 Å². The number of rotatable bonds is 0. The van der Waals surface area contributed by atoms with Crippen molar-refractivity contribution < 1.29 is 83.2 Å². The molecule has 0 rings (SSSR count). The Morgan fingerprint density at radius 2 is 0.556 bits per heavy atom. The minimum Gasteiger partial charge on any atom is -0.427 e. The molecule has 0 aliphatic heterocycles. The van der Waals surface area contributed by atoms with Gasteiger partial charge in [-0.3, -0.25) is 0 Å². The van der Waals surface area contributed by atoms with Crippen LogP contribution in [0, 0.1) is 0 Å². The quantitative estimate of drug-likeness (QED) is 0.262. The van der Waals surface area contributed by atoms with Gasteiger partial charge in [0.05, 0.1) is 0 Å². The summed E-state index contributed by atoms with van der Waals surface area (Å²) >= 11 is -8.03. The molecule has 0 fully saturated rings. The molecule has 0 aromatic carbocycles. The molecular formula is I2O6Pd. The fourth-order valence-electron chi connectivity index (χ4n) is 0. The molecular weight excluding hydrogens is 456 g/mol. The van der Waals surface area contributed by atoms with Crippen molar-refractivity contribution in [3.8, 4) is 0 Å². The maximum absolute atomic E-state index is 8.57. The van der Waals surface area contributed by atoms with Gasteiger partial charge in [0.1, 0.15) is 0 Å². The molecule has 0 heterocycles. The number of hydrogen-bond acceptors (Lipinski definition) is 6. The second-order valence-corrected chi connectivity index (χ2v) is 2.54. The van der Waals surface area contributed by atoms with Gasteiger partial charge in [-0.15, -0.1) is 0 Å². The summed E-state index contributed by atoms with van der Waals surface area (Å²) in [6, 6.07) is 0. The summed E-state index contributed by atoms with van der Waals surface area (Å²) in [6.07, 6.45) is 0. The van der Waals surface area contributed by atoms with Gasteiger partial charge in [0, 0.05) is 0 Å². The molecule has 0 saturated heterocycles. The van der Waals surface area contributed by atoms with Gasteiger partial charge >= 0.3 is 20.4 Å². The molecule has 0 atom stereocenters. The van der Waals surface area contributed by atoms with Gasteiger partial charge < -0.3 is 20.6 Å². The molecule has 0 aromatic rings. The molecule has 9 heavy (non-hydrogen) atoms. The van der Waals surface area contributed by atoms with Gasteiger partial charge in [0.2, 0.25) is 0 Å². The summed E-state index contributed by atoms with van der Waals surface area (Å²) in [5.74, 6) is 0. The van der Waals surface area contributed by atoms with Crippen LogP contribution in [0.25, 0.3) is 0 Å². The Labute approximate surface area is 82.3 Å². The minimum absolute atomic E-state index is 0. The van der Waals surface area contributed by atoms with E-state index in [0.717, 1.165) is 0 Å². The second kappa shape index (κ2) is 12.5. The third kappa shape index (κ3) is 173. The normalized spacial score (nSPS) is 8.00. The maximum Gasteiger partial charge on any atom is 2.00 e.